The molecule has 1 aliphatic carbocycles. The molecular formula is C14H30N2O2S. The van der Waals surface area contributed by atoms with Crippen molar-refractivity contribution in [2.45, 2.75) is 65.3 Å². The Bertz CT molecular complexity index is 379. The Balaban J connectivity index is 2.89. The molecule has 114 valence electrons. The van der Waals surface area contributed by atoms with E-state index in [1.54, 1.807) is 4.31 Å². The van der Waals surface area contributed by atoms with Gasteiger partial charge in [-0.1, -0.05) is 40.5 Å². The van der Waals surface area contributed by atoms with Crippen LogP contribution in [0.4, 0.5) is 0 Å². The maximum atomic E-state index is 12.6. The molecule has 0 radical (unpaired) electrons. The van der Waals surface area contributed by atoms with E-state index in [2.05, 4.69) is 20.8 Å². The van der Waals surface area contributed by atoms with Crippen LogP contribution in [-0.2, 0) is 10.0 Å². The first-order valence-electron chi connectivity index (χ1n) is 7.37. The van der Waals surface area contributed by atoms with Gasteiger partial charge in [-0.05, 0) is 24.7 Å². The molecule has 0 spiro atoms. The van der Waals surface area contributed by atoms with Crippen LogP contribution < -0.4 is 5.73 Å². The van der Waals surface area contributed by atoms with Crippen molar-refractivity contribution in [3.63, 3.8) is 0 Å². The third kappa shape index (κ3) is 4.17. The van der Waals surface area contributed by atoms with Crippen LogP contribution in [0, 0.1) is 5.41 Å². The van der Waals surface area contributed by atoms with Gasteiger partial charge < -0.3 is 5.73 Å². The normalized spacial score (nSPS) is 20.1. The van der Waals surface area contributed by atoms with E-state index < -0.39 is 10.0 Å². The molecule has 5 heteroatoms. The monoisotopic (exact) mass is 290 g/mol. The van der Waals surface area contributed by atoms with Gasteiger partial charge in [-0.3, -0.25) is 0 Å². The maximum absolute atomic E-state index is 12.6. The molecule has 1 aliphatic rings. The molecule has 0 aromatic carbocycles. The van der Waals surface area contributed by atoms with Gasteiger partial charge in [0, 0.05) is 18.6 Å². The Hall–Kier alpha value is -0.130. The van der Waals surface area contributed by atoms with Crippen LogP contribution in [0.1, 0.15) is 59.8 Å². The standard InChI is InChI=1S/C14H30N2O2S/c1-5-16(14(12-15)8-6-7-9-14)19(17,18)11-10-13(2,3)4/h5-12,15H2,1-4H3. The summed E-state index contributed by atoms with van der Waals surface area (Å²) >= 11 is 0. The largest absolute Gasteiger partial charge is 0.329 e. The Morgan fingerprint density at radius 1 is 1.21 bits per heavy atom. The first-order valence-corrected chi connectivity index (χ1v) is 8.98. The molecule has 2 N–H and O–H groups in total. The van der Waals surface area contributed by atoms with E-state index in [1.165, 1.54) is 0 Å². The summed E-state index contributed by atoms with van der Waals surface area (Å²) in [4.78, 5) is 0. The second-order valence-electron chi connectivity index (χ2n) is 6.93. The van der Waals surface area contributed by atoms with Gasteiger partial charge in [0.05, 0.1) is 5.75 Å². The second-order valence-corrected chi connectivity index (χ2v) is 8.94. The third-order valence-corrected chi connectivity index (χ3v) is 6.21. The van der Waals surface area contributed by atoms with Gasteiger partial charge in [0.25, 0.3) is 0 Å². The molecule has 0 aromatic heterocycles. The molecular weight excluding hydrogens is 260 g/mol. The van der Waals surface area contributed by atoms with Crippen molar-refractivity contribution >= 4 is 10.0 Å². The smallest absolute Gasteiger partial charge is 0.214 e. The van der Waals surface area contributed by atoms with E-state index in [0.717, 1.165) is 25.7 Å². The van der Waals surface area contributed by atoms with E-state index >= 15 is 0 Å². The van der Waals surface area contributed by atoms with E-state index in [9.17, 15) is 8.42 Å². The SMILES string of the molecule is CCN(C1(CN)CCCC1)S(=O)(=O)CCC(C)(C)C. The number of rotatable bonds is 6. The summed E-state index contributed by atoms with van der Waals surface area (Å²) in [5.74, 6) is 0.228. The van der Waals surface area contributed by atoms with Crippen LogP contribution >= 0.6 is 0 Å². The van der Waals surface area contributed by atoms with E-state index in [1.807, 2.05) is 6.92 Å². The zero-order valence-electron chi connectivity index (χ0n) is 12.9. The molecule has 0 aliphatic heterocycles. The molecule has 0 heterocycles. The summed E-state index contributed by atoms with van der Waals surface area (Å²) in [7, 11) is -3.21. The zero-order chi connectivity index (χ0) is 14.7. The summed E-state index contributed by atoms with van der Waals surface area (Å²) in [5, 5.41) is 0. The Kier molecular flexibility index (Phi) is 5.43. The van der Waals surface area contributed by atoms with Crippen molar-refractivity contribution < 1.29 is 8.42 Å². The highest BCUT2D eigenvalue weighted by molar-refractivity contribution is 7.89. The minimum Gasteiger partial charge on any atom is -0.329 e. The predicted molar refractivity (Wildman–Crippen MR) is 80.5 cm³/mol. The van der Waals surface area contributed by atoms with Crippen LogP contribution in [0.5, 0.6) is 0 Å². The number of hydrogen-bond acceptors (Lipinski definition) is 3. The Morgan fingerprint density at radius 3 is 2.11 bits per heavy atom. The minimum absolute atomic E-state index is 0.0397. The number of likely N-dealkylation sites (N-methyl/N-ethyl adjacent to an activating group) is 1. The molecule has 1 rings (SSSR count). The fourth-order valence-electron chi connectivity index (χ4n) is 2.96. The predicted octanol–water partition coefficient (Wildman–Crippen LogP) is 2.35. The molecule has 0 atom stereocenters. The van der Waals surface area contributed by atoms with Crippen molar-refractivity contribution in [2.24, 2.45) is 11.1 Å². The van der Waals surface area contributed by atoms with Crippen LogP contribution in [0.3, 0.4) is 0 Å². The lowest BCUT2D eigenvalue weighted by Crippen LogP contribution is -2.55. The van der Waals surface area contributed by atoms with Crippen molar-refractivity contribution in [1.82, 2.24) is 4.31 Å². The van der Waals surface area contributed by atoms with E-state index in [0.29, 0.717) is 19.5 Å². The molecule has 0 bridgehead atoms. The van der Waals surface area contributed by atoms with E-state index in [-0.39, 0.29) is 16.7 Å². The molecule has 19 heavy (non-hydrogen) atoms. The first-order chi connectivity index (χ1) is 8.67. The fourth-order valence-corrected chi connectivity index (χ4v) is 5.29. The van der Waals surface area contributed by atoms with Gasteiger partial charge in [-0.15, -0.1) is 0 Å². The molecule has 0 aromatic rings. The van der Waals surface area contributed by atoms with Gasteiger partial charge in [-0.25, -0.2) is 8.42 Å². The minimum atomic E-state index is -3.21. The van der Waals surface area contributed by atoms with Crippen molar-refractivity contribution in [3.05, 3.63) is 0 Å². The van der Waals surface area contributed by atoms with Crippen molar-refractivity contribution in [2.75, 3.05) is 18.8 Å². The molecule has 4 nitrogen and oxygen atoms in total. The highest BCUT2D eigenvalue weighted by Gasteiger charge is 2.43. The number of hydrogen-bond donors (Lipinski definition) is 1. The quantitative estimate of drug-likeness (QED) is 0.816. The van der Waals surface area contributed by atoms with Crippen molar-refractivity contribution in [1.29, 1.82) is 0 Å². The maximum Gasteiger partial charge on any atom is 0.214 e. The van der Waals surface area contributed by atoms with Gasteiger partial charge in [0.15, 0.2) is 0 Å². The zero-order valence-corrected chi connectivity index (χ0v) is 13.7. The Labute approximate surface area is 118 Å². The highest BCUT2D eigenvalue weighted by atomic mass is 32.2. The van der Waals surface area contributed by atoms with Crippen molar-refractivity contribution in [3.8, 4) is 0 Å². The topological polar surface area (TPSA) is 63.4 Å². The highest BCUT2D eigenvalue weighted by Crippen LogP contribution is 2.36. The number of sulfonamides is 1. The summed E-state index contributed by atoms with van der Waals surface area (Å²) in [6, 6.07) is 0. The van der Waals surface area contributed by atoms with Gasteiger partial charge in [-0.2, -0.15) is 4.31 Å². The third-order valence-electron chi connectivity index (χ3n) is 4.18. The second kappa shape index (κ2) is 6.10. The number of nitrogens with zero attached hydrogens (tertiary/aromatic N) is 1. The fraction of sp³-hybridized carbons (Fsp3) is 1.00. The van der Waals surface area contributed by atoms with Gasteiger partial charge >= 0.3 is 0 Å². The average Bonchev–Trinajstić information content (AvgIpc) is 2.76. The summed E-state index contributed by atoms with van der Waals surface area (Å²) in [6.45, 7) is 9.12. The Morgan fingerprint density at radius 2 is 1.74 bits per heavy atom. The number of nitrogens with two attached hydrogens (primary N) is 1. The molecule has 0 saturated heterocycles. The molecule has 0 amide bonds. The van der Waals surface area contributed by atoms with Crippen LogP contribution in [0.2, 0.25) is 0 Å². The summed E-state index contributed by atoms with van der Waals surface area (Å²) in [6.07, 6.45) is 4.68. The molecule has 0 unspecified atom stereocenters. The molecule has 1 saturated carbocycles. The molecule has 1 fully saturated rings. The van der Waals surface area contributed by atoms with E-state index in [4.69, 9.17) is 5.73 Å². The lowest BCUT2D eigenvalue weighted by atomic mass is 9.94. The summed E-state index contributed by atoms with van der Waals surface area (Å²) < 4.78 is 27.0. The first kappa shape index (κ1) is 16.9. The lowest BCUT2D eigenvalue weighted by Gasteiger charge is -2.39. The van der Waals surface area contributed by atoms with Crippen LogP contribution in [0.15, 0.2) is 0 Å². The van der Waals surface area contributed by atoms with Gasteiger partial charge in [0.2, 0.25) is 10.0 Å². The lowest BCUT2D eigenvalue weighted by molar-refractivity contribution is 0.204. The average molecular weight is 290 g/mol. The van der Waals surface area contributed by atoms with Gasteiger partial charge in [0.1, 0.15) is 0 Å². The van der Waals surface area contributed by atoms with Crippen LogP contribution in [-0.4, -0.2) is 37.1 Å². The van der Waals surface area contributed by atoms with Crippen LogP contribution in [0.25, 0.3) is 0 Å². The summed E-state index contributed by atoms with van der Waals surface area (Å²) in [5.41, 5.74) is 5.64.